The van der Waals surface area contributed by atoms with Gasteiger partial charge in [-0.3, -0.25) is 9.59 Å². The molecular formula is C22H26ClNO5. The van der Waals surface area contributed by atoms with Crippen molar-refractivity contribution >= 4 is 23.3 Å². The number of ether oxygens (including phenoxy) is 3. The first kappa shape index (κ1) is 22.6. The van der Waals surface area contributed by atoms with Crippen molar-refractivity contribution < 1.29 is 23.8 Å². The van der Waals surface area contributed by atoms with Crippen LogP contribution in [0, 0.1) is 0 Å². The van der Waals surface area contributed by atoms with Crippen molar-refractivity contribution in [2.24, 2.45) is 0 Å². The van der Waals surface area contributed by atoms with Crippen LogP contribution >= 0.6 is 11.6 Å². The summed E-state index contributed by atoms with van der Waals surface area (Å²) < 4.78 is 16.3. The van der Waals surface area contributed by atoms with Crippen LogP contribution in [-0.4, -0.2) is 44.5 Å². The second-order valence-electron chi connectivity index (χ2n) is 6.58. The molecule has 1 amide bonds. The van der Waals surface area contributed by atoms with Gasteiger partial charge in [-0.2, -0.15) is 0 Å². The highest BCUT2D eigenvalue weighted by Gasteiger charge is 2.13. The molecule has 7 heteroatoms. The van der Waals surface area contributed by atoms with Crippen LogP contribution < -0.4 is 14.2 Å². The maximum absolute atomic E-state index is 12.4. The van der Waals surface area contributed by atoms with Gasteiger partial charge < -0.3 is 19.1 Å². The SMILES string of the molecule is COc1ccc(Cl)cc1CN(C)C(=O)CCCOc1ccc(C(C)=O)cc1OC. The van der Waals surface area contributed by atoms with Gasteiger partial charge in [0.25, 0.3) is 0 Å². The molecule has 6 nitrogen and oxygen atoms in total. The second-order valence-corrected chi connectivity index (χ2v) is 7.02. The zero-order chi connectivity index (χ0) is 21.4. The zero-order valence-corrected chi connectivity index (χ0v) is 17.9. The number of hydrogen-bond acceptors (Lipinski definition) is 5. The van der Waals surface area contributed by atoms with Crippen LogP contribution in [0.4, 0.5) is 0 Å². The van der Waals surface area contributed by atoms with E-state index in [2.05, 4.69) is 0 Å². The summed E-state index contributed by atoms with van der Waals surface area (Å²) in [6.07, 6.45) is 0.890. The topological polar surface area (TPSA) is 65.1 Å². The fourth-order valence-electron chi connectivity index (χ4n) is 2.82. The van der Waals surface area contributed by atoms with E-state index < -0.39 is 0 Å². The number of rotatable bonds is 10. The van der Waals surface area contributed by atoms with Gasteiger partial charge in [0.05, 0.1) is 20.8 Å². The molecule has 0 bridgehead atoms. The van der Waals surface area contributed by atoms with Crippen molar-refractivity contribution in [2.45, 2.75) is 26.3 Å². The number of halogens is 1. The average molecular weight is 420 g/mol. The minimum atomic E-state index is -0.0418. The minimum absolute atomic E-state index is 0.00507. The minimum Gasteiger partial charge on any atom is -0.496 e. The second kappa shape index (κ2) is 10.7. The van der Waals surface area contributed by atoms with E-state index in [4.69, 9.17) is 25.8 Å². The molecule has 0 saturated heterocycles. The van der Waals surface area contributed by atoms with Gasteiger partial charge in [0.2, 0.25) is 5.91 Å². The first-order valence-corrected chi connectivity index (χ1v) is 9.61. The van der Waals surface area contributed by atoms with Gasteiger partial charge in [0.1, 0.15) is 5.75 Å². The predicted molar refractivity (Wildman–Crippen MR) is 112 cm³/mol. The average Bonchev–Trinajstić information content (AvgIpc) is 2.71. The molecule has 0 atom stereocenters. The first-order chi connectivity index (χ1) is 13.8. The molecule has 0 aromatic heterocycles. The lowest BCUT2D eigenvalue weighted by molar-refractivity contribution is -0.130. The third kappa shape index (κ3) is 6.39. The van der Waals surface area contributed by atoms with Gasteiger partial charge in [-0.05, 0) is 49.7 Å². The number of methoxy groups -OCH3 is 2. The van der Waals surface area contributed by atoms with Crippen LogP contribution in [0.2, 0.25) is 5.02 Å². The van der Waals surface area contributed by atoms with Gasteiger partial charge in [-0.25, -0.2) is 0 Å². The lowest BCUT2D eigenvalue weighted by atomic mass is 10.1. The van der Waals surface area contributed by atoms with E-state index in [0.717, 1.165) is 5.56 Å². The fraction of sp³-hybridized carbons (Fsp3) is 0.364. The molecule has 29 heavy (non-hydrogen) atoms. The summed E-state index contributed by atoms with van der Waals surface area (Å²) in [4.78, 5) is 25.5. The third-order valence-corrected chi connectivity index (χ3v) is 4.67. The van der Waals surface area contributed by atoms with Gasteiger partial charge in [0, 0.05) is 36.2 Å². The van der Waals surface area contributed by atoms with E-state index in [-0.39, 0.29) is 11.7 Å². The van der Waals surface area contributed by atoms with E-state index in [0.29, 0.717) is 53.8 Å². The molecule has 2 aromatic rings. The molecule has 156 valence electrons. The molecule has 0 saturated carbocycles. The summed E-state index contributed by atoms with van der Waals surface area (Å²) in [6.45, 7) is 2.26. The highest BCUT2D eigenvalue weighted by molar-refractivity contribution is 6.30. The summed E-state index contributed by atoms with van der Waals surface area (Å²) in [5.74, 6) is 1.68. The van der Waals surface area contributed by atoms with Crippen LogP contribution in [0.25, 0.3) is 0 Å². The Labute approximate surface area is 176 Å². The molecule has 0 heterocycles. The third-order valence-electron chi connectivity index (χ3n) is 4.44. The number of Topliss-reactive ketones (excluding diaryl/α,β-unsaturated/α-hetero) is 1. The molecule has 0 aliphatic rings. The summed E-state index contributed by atoms with van der Waals surface area (Å²) in [5, 5.41) is 0.597. The Morgan fingerprint density at radius 1 is 1.00 bits per heavy atom. The van der Waals surface area contributed by atoms with Crippen LogP contribution in [-0.2, 0) is 11.3 Å². The van der Waals surface area contributed by atoms with Gasteiger partial charge >= 0.3 is 0 Å². The molecule has 0 aliphatic heterocycles. The number of benzene rings is 2. The molecule has 0 radical (unpaired) electrons. The molecule has 0 aliphatic carbocycles. The van der Waals surface area contributed by atoms with E-state index in [1.807, 2.05) is 0 Å². The Morgan fingerprint density at radius 3 is 2.34 bits per heavy atom. The Balaban J connectivity index is 1.85. The number of hydrogen-bond donors (Lipinski definition) is 0. The van der Waals surface area contributed by atoms with Crippen molar-refractivity contribution in [3.8, 4) is 17.2 Å². The van der Waals surface area contributed by atoms with Gasteiger partial charge in [-0.15, -0.1) is 0 Å². The Hall–Kier alpha value is -2.73. The summed E-state index contributed by atoms with van der Waals surface area (Å²) in [6, 6.07) is 10.4. The highest BCUT2D eigenvalue weighted by Crippen LogP contribution is 2.28. The van der Waals surface area contributed by atoms with E-state index in [9.17, 15) is 9.59 Å². The van der Waals surface area contributed by atoms with Crippen molar-refractivity contribution in [2.75, 3.05) is 27.9 Å². The lowest BCUT2D eigenvalue weighted by Gasteiger charge is -2.19. The zero-order valence-electron chi connectivity index (χ0n) is 17.2. The standard InChI is InChI=1S/C22H26ClNO5/c1-15(25)16-7-9-20(21(13-16)28-4)29-11-5-6-22(26)24(2)14-17-12-18(23)8-10-19(17)27-3/h7-10,12-13H,5-6,11,14H2,1-4H3. The van der Waals surface area contributed by atoms with E-state index in [1.54, 1.807) is 55.5 Å². The maximum atomic E-state index is 12.4. The van der Waals surface area contributed by atoms with Gasteiger partial charge in [0.15, 0.2) is 17.3 Å². The fourth-order valence-corrected chi connectivity index (χ4v) is 3.01. The maximum Gasteiger partial charge on any atom is 0.222 e. The van der Waals surface area contributed by atoms with Crippen molar-refractivity contribution in [1.29, 1.82) is 0 Å². The number of carbonyl (C=O) groups is 2. The summed E-state index contributed by atoms with van der Waals surface area (Å²) >= 11 is 6.04. The lowest BCUT2D eigenvalue weighted by Crippen LogP contribution is -2.26. The number of ketones is 1. The Morgan fingerprint density at radius 2 is 1.69 bits per heavy atom. The van der Waals surface area contributed by atoms with Gasteiger partial charge in [-0.1, -0.05) is 11.6 Å². The Bertz CT molecular complexity index is 868. The first-order valence-electron chi connectivity index (χ1n) is 9.23. The summed E-state index contributed by atoms with van der Waals surface area (Å²) in [5.41, 5.74) is 1.41. The monoisotopic (exact) mass is 419 g/mol. The number of amides is 1. The molecule has 2 aromatic carbocycles. The Kier molecular flexibility index (Phi) is 8.34. The van der Waals surface area contributed by atoms with E-state index >= 15 is 0 Å². The molecule has 0 unspecified atom stereocenters. The van der Waals surface area contributed by atoms with Crippen molar-refractivity contribution in [1.82, 2.24) is 4.90 Å². The van der Waals surface area contributed by atoms with Crippen LogP contribution in [0.5, 0.6) is 17.2 Å². The normalized spacial score (nSPS) is 10.4. The molecule has 2 rings (SSSR count). The molecule has 0 N–H and O–H groups in total. The smallest absolute Gasteiger partial charge is 0.222 e. The molecular weight excluding hydrogens is 394 g/mol. The van der Waals surface area contributed by atoms with E-state index in [1.165, 1.54) is 14.0 Å². The van der Waals surface area contributed by atoms with Crippen LogP contribution in [0.3, 0.4) is 0 Å². The summed E-state index contributed by atoms with van der Waals surface area (Å²) in [7, 11) is 4.85. The van der Waals surface area contributed by atoms with Crippen LogP contribution in [0.1, 0.15) is 35.7 Å². The molecule has 0 spiro atoms. The number of carbonyl (C=O) groups excluding carboxylic acids is 2. The predicted octanol–water partition coefficient (Wildman–Crippen LogP) is 4.38. The quantitative estimate of drug-likeness (QED) is 0.422. The van der Waals surface area contributed by atoms with Crippen molar-refractivity contribution in [3.63, 3.8) is 0 Å². The number of nitrogens with zero attached hydrogens (tertiary/aromatic N) is 1. The molecule has 0 fully saturated rings. The highest BCUT2D eigenvalue weighted by atomic mass is 35.5. The largest absolute Gasteiger partial charge is 0.496 e. The van der Waals surface area contributed by atoms with Crippen molar-refractivity contribution in [3.05, 3.63) is 52.5 Å². The van der Waals surface area contributed by atoms with Crippen LogP contribution in [0.15, 0.2) is 36.4 Å².